The van der Waals surface area contributed by atoms with Crippen molar-refractivity contribution in [3.8, 4) is 0 Å². The van der Waals surface area contributed by atoms with Crippen LogP contribution in [0.5, 0.6) is 0 Å². The third-order valence-electron chi connectivity index (χ3n) is 2.98. The fraction of sp³-hybridized carbons (Fsp3) is 0.154. The smallest absolute Gasteiger partial charge is 0.286 e. The van der Waals surface area contributed by atoms with Gasteiger partial charge in [0.2, 0.25) is 5.91 Å². The Bertz CT molecular complexity index is 786. The molecular weight excluding hydrogens is 302 g/mol. The standard InChI is InChI=1S/C13H8ClNO4S/c14-7-1-2-9-8(4-7)11(16)6(5-19-9)3-10-12(17)15-13(18)20-10/h1-2,4-5,10H,3H2,(H,15,17,18). The van der Waals surface area contributed by atoms with Gasteiger partial charge in [-0.05, 0) is 18.2 Å². The van der Waals surface area contributed by atoms with Gasteiger partial charge in [-0.3, -0.25) is 19.7 Å². The Hall–Kier alpha value is -1.79. The van der Waals surface area contributed by atoms with Gasteiger partial charge >= 0.3 is 0 Å². The van der Waals surface area contributed by atoms with Crippen molar-refractivity contribution >= 4 is 45.5 Å². The summed E-state index contributed by atoms with van der Waals surface area (Å²) in [6, 6.07) is 4.77. The first-order valence-corrected chi connectivity index (χ1v) is 7.02. The number of nitrogens with one attached hydrogen (secondary N) is 1. The summed E-state index contributed by atoms with van der Waals surface area (Å²) in [6.45, 7) is 0. The molecule has 20 heavy (non-hydrogen) atoms. The van der Waals surface area contributed by atoms with E-state index in [1.807, 2.05) is 0 Å². The zero-order chi connectivity index (χ0) is 14.3. The van der Waals surface area contributed by atoms with Crippen molar-refractivity contribution < 1.29 is 14.0 Å². The van der Waals surface area contributed by atoms with Crippen LogP contribution in [0.15, 0.2) is 33.7 Å². The normalized spacial score (nSPS) is 18.6. The van der Waals surface area contributed by atoms with E-state index in [9.17, 15) is 14.4 Å². The number of hydrogen-bond acceptors (Lipinski definition) is 5. The third-order valence-corrected chi connectivity index (χ3v) is 4.19. The minimum Gasteiger partial charge on any atom is -0.464 e. The van der Waals surface area contributed by atoms with Crippen LogP contribution in [0.2, 0.25) is 5.02 Å². The van der Waals surface area contributed by atoms with Crippen molar-refractivity contribution in [3.63, 3.8) is 0 Å². The predicted molar refractivity (Wildman–Crippen MR) is 76.1 cm³/mol. The largest absolute Gasteiger partial charge is 0.464 e. The highest BCUT2D eigenvalue weighted by Crippen LogP contribution is 2.23. The Morgan fingerprint density at radius 1 is 1.30 bits per heavy atom. The molecule has 0 radical (unpaired) electrons. The lowest BCUT2D eigenvalue weighted by atomic mass is 10.1. The molecule has 1 aliphatic heterocycles. The molecule has 1 aromatic carbocycles. The van der Waals surface area contributed by atoms with Crippen LogP contribution < -0.4 is 10.7 Å². The van der Waals surface area contributed by atoms with Crippen LogP contribution in [-0.2, 0) is 11.2 Å². The lowest BCUT2D eigenvalue weighted by molar-refractivity contribution is -0.118. The molecule has 1 fully saturated rings. The third kappa shape index (κ3) is 2.32. The van der Waals surface area contributed by atoms with Crippen molar-refractivity contribution in [2.75, 3.05) is 0 Å². The van der Waals surface area contributed by atoms with Gasteiger partial charge in [0, 0.05) is 17.0 Å². The van der Waals surface area contributed by atoms with E-state index < -0.39 is 10.5 Å². The number of rotatable bonds is 2. The van der Waals surface area contributed by atoms with Gasteiger partial charge in [-0.15, -0.1) is 0 Å². The summed E-state index contributed by atoms with van der Waals surface area (Å²) in [7, 11) is 0. The summed E-state index contributed by atoms with van der Waals surface area (Å²) in [6.07, 6.45) is 1.47. The Balaban J connectivity index is 2.00. The summed E-state index contributed by atoms with van der Waals surface area (Å²) in [5.74, 6) is -0.384. The van der Waals surface area contributed by atoms with Crippen LogP contribution in [0, 0.1) is 0 Å². The molecule has 5 nitrogen and oxygen atoms in total. The number of thioether (sulfide) groups is 1. The second kappa shape index (κ2) is 4.96. The molecule has 2 heterocycles. The average Bonchev–Trinajstić information content (AvgIpc) is 2.72. The maximum absolute atomic E-state index is 12.3. The number of fused-ring (bicyclic) bond motifs is 1. The number of carbonyl (C=O) groups excluding carboxylic acids is 2. The average molecular weight is 310 g/mol. The molecule has 0 saturated carbocycles. The van der Waals surface area contributed by atoms with Crippen LogP contribution in [0.1, 0.15) is 5.56 Å². The Morgan fingerprint density at radius 3 is 2.80 bits per heavy atom. The first-order chi connectivity index (χ1) is 9.54. The van der Waals surface area contributed by atoms with Crippen molar-refractivity contribution in [3.05, 3.63) is 45.3 Å². The summed E-state index contributed by atoms with van der Waals surface area (Å²) >= 11 is 6.74. The molecule has 1 atom stereocenters. The van der Waals surface area contributed by atoms with Gasteiger partial charge in [-0.25, -0.2) is 0 Å². The molecule has 1 aromatic heterocycles. The minimum absolute atomic E-state index is 0.146. The molecule has 7 heteroatoms. The Labute approximate surface area is 122 Å². The van der Waals surface area contributed by atoms with Crippen molar-refractivity contribution in [2.45, 2.75) is 11.7 Å². The fourth-order valence-electron chi connectivity index (χ4n) is 2.01. The van der Waals surface area contributed by atoms with Crippen LogP contribution in [0.4, 0.5) is 4.79 Å². The molecule has 0 aliphatic carbocycles. The van der Waals surface area contributed by atoms with Crippen LogP contribution in [0.25, 0.3) is 11.0 Å². The van der Waals surface area contributed by atoms with Crippen molar-refractivity contribution in [2.24, 2.45) is 0 Å². The maximum Gasteiger partial charge on any atom is 0.286 e. The van der Waals surface area contributed by atoms with Gasteiger partial charge < -0.3 is 4.42 Å². The summed E-state index contributed by atoms with van der Waals surface area (Å²) in [5.41, 5.74) is 0.548. The molecule has 2 amide bonds. The lowest BCUT2D eigenvalue weighted by Crippen LogP contribution is -2.27. The molecule has 1 N–H and O–H groups in total. The van der Waals surface area contributed by atoms with E-state index in [-0.39, 0.29) is 17.8 Å². The van der Waals surface area contributed by atoms with Gasteiger partial charge in [-0.1, -0.05) is 23.4 Å². The highest BCUT2D eigenvalue weighted by atomic mass is 35.5. The van der Waals surface area contributed by atoms with E-state index in [1.165, 1.54) is 12.3 Å². The van der Waals surface area contributed by atoms with Gasteiger partial charge in [0.1, 0.15) is 5.58 Å². The topological polar surface area (TPSA) is 76.4 Å². The number of benzene rings is 1. The van der Waals surface area contributed by atoms with Gasteiger partial charge in [0.15, 0.2) is 5.43 Å². The highest BCUT2D eigenvalue weighted by molar-refractivity contribution is 8.15. The molecule has 102 valence electrons. The van der Waals surface area contributed by atoms with Crippen LogP contribution >= 0.6 is 23.4 Å². The summed E-state index contributed by atoms with van der Waals surface area (Å²) in [4.78, 5) is 34.9. The minimum atomic E-state index is -0.595. The fourth-order valence-corrected chi connectivity index (χ4v) is 3.03. The maximum atomic E-state index is 12.3. The number of halogens is 1. The molecule has 1 unspecified atom stereocenters. The Kier molecular flexibility index (Phi) is 3.27. The molecular formula is C13H8ClNO4S. The number of carbonyl (C=O) groups is 2. The van der Waals surface area contributed by atoms with Crippen LogP contribution in [0.3, 0.4) is 0 Å². The van der Waals surface area contributed by atoms with E-state index >= 15 is 0 Å². The van der Waals surface area contributed by atoms with Gasteiger partial charge in [0.25, 0.3) is 5.24 Å². The van der Waals surface area contributed by atoms with Crippen molar-refractivity contribution in [1.29, 1.82) is 0 Å². The number of hydrogen-bond donors (Lipinski definition) is 1. The van der Waals surface area contributed by atoms with E-state index in [4.69, 9.17) is 16.0 Å². The molecule has 3 rings (SSSR count). The molecule has 0 spiro atoms. The van der Waals surface area contributed by atoms with Gasteiger partial charge in [0.05, 0.1) is 16.9 Å². The SMILES string of the molecule is O=C1NC(=O)C(Cc2coc3ccc(Cl)cc3c2=O)S1. The quantitative estimate of drug-likeness (QED) is 0.921. The second-order valence-corrected chi connectivity index (χ2v) is 5.93. The zero-order valence-electron chi connectivity index (χ0n) is 10.0. The second-order valence-electron chi connectivity index (χ2n) is 4.32. The molecule has 1 saturated heterocycles. The number of amides is 2. The first-order valence-electron chi connectivity index (χ1n) is 5.76. The van der Waals surface area contributed by atoms with E-state index in [2.05, 4.69) is 5.32 Å². The molecule has 1 aliphatic rings. The summed E-state index contributed by atoms with van der Waals surface area (Å²) in [5, 5.41) is 1.99. The Morgan fingerprint density at radius 2 is 2.10 bits per heavy atom. The zero-order valence-corrected chi connectivity index (χ0v) is 11.6. The lowest BCUT2D eigenvalue weighted by Gasteiger charge is -2.05. The monoisotopic (exact) mass is 309 g/mol. The predicted octanol–water partition coefficient (Wildman–Crippen LogP) is 2.34. The van der Waals surface area contributed by atoms with E-state index in [0.29, 0.717) is 21.6 Å². The molecule has 2 aromatic rings. The highest BCUT2D eigenvalue weighted by Gasteiger charge is 2.32. The van der Waals surface area contributed by atoms with E-state index in [1.54, 1.807) is 12.1 Å². The first kappa shape index (κ1) is 13.2. The van der Waals surface area contributed by atoms with Crippen LogP contribution in [-0.4, -0.2) is 16.4 Å². The van der Waals surface area contributed by atoms with E-state index in [0.717, 1.165) is 11.8 Å². The summed E-state index contributed by atoms with van der Waals surface area (Å²) < 4.78 is 5.37. The number of imide groups is 1. The van der Waals surface area contributed by atoms with Gasteiger partial charge in [-0.2, -0.15) is 0 Å². The van der Waals surface area contributed by atoms with Crippen molar-refractivity contribution in [1.82, 2.24) is 5.32 Å². The molecule has 0 bridgehead atoms.